The van der Waals surface area contributed by atoms with E-state index in [-0.39, 0.29) is 11.7 Å². The molecule has 0 aliphatic heterocycles. The zero-order chi connectivity index (χ0) is 14.2. The Balaban J connectivity index is 1.68. The van der Waals surface area contributed by atoms with Crippen molar-refractivity contribution >= 4 is 5.91 Å². The van der Waals surface area contributed by atoms with Crippen LogP contribution in [0.15, 0.2) is 54.6 Å². The highest BCUT2D eigenvalue weighted by Crippen LogP contribution is 2.10. The van der Waals surface area contributed by atoms with Crippen LogP contribution < -0.4 is 5.32 Å². The van der Waals surface area contributed by atoms with Crippen molar-refractivity contribution in [1.29, 1.82) is 0 Å². The second kappa shape index (κ2) is 7.34. The molecule has 0 atom stereocenters. The van der Waals surface area contributed by atoms with Gasteiger partial charge in [-0.3, -0.25) is 4.79 Å². The third-order valence-corrected chi connectivity index (χ3v) is 3.13. The standard InChI is InChI=1S/C17H19NO2/c19-16-8-4-7-15(13-16)11-12-18-17(20)10-9-14-5-2-1-3-6-14/h1-8,13,19H,9-12H2,(H,18,20). The number of aromatic hydroxyl groups is 1. The molecule has 2 aromatic rings. The van der Waals surface area contributed by atoms with Gasteiger partial charge in [0.15, 0.2) is 0 Å². The van der Waals surface area contributed by atoms with Gasteiger partial charge in [0.1, 0.15) is 5.75 Å². The highest BCUT2D eigenvalue weighted by molar-refractivity contribution is 5.76. The zero-order valence-electron chi connectivity index (χ0n) is 11.4. The maximum atomic E-state index is 11.7. The smallest absolute Gasteiger partial charge is 0.220 e. The van der Waals surface area contributed by atoms with Crippen LogP contribution in [-0.4, -0.2) is 17.6 Å². The number of nitrogens with one attached hydrogen (secondary N) is 1. The first kappa shape index (κ1) is 14.1. The van der Waals surface area contributed by atoms with E-state index >= 15 is 0 Å². The number of benzene rings is 2. The summed E-state index contributed by atoms with van der Waals surface area (Å²) in [7, 11) is 0. The fourth-order valence-electron chi connectivity index (χ4n) is 2.05. The molecule has 0 fully saturated rings. The summed E-state index contributed by atoms with van der Waals surface area (Å²) < 4.78 is 0. The van der Waals surface area contributed by atoms with Gasteiger partial charge in [-0.2, -0.15) is 0 Å². The molecule has 0 bridgehead atoms. The Morgan fingerprint density at radius 2 is 1.70 bits per heavy atom. The van der Waals surface area contributed by atoms with Crippen LogP contribution in [0.1, 0.15) is 17.5 Å². The minimum absolute atomic E-state index is 0.0639. The van der Waals surface area contributed by atoms with Gasteiger partial charge in [0.25, 0.3) is 0 Å². The first-order chi connectivity index (χ1) is 9.74. The van der Waals surface area contributed by atoms with Crippen molar-refractivity contribution in [1.82, 2.24) is 5.32 Å². The number of phenols is 1. The lowest BCUT2D eigenvalue weighted by Gasteiger charge is -2.06. The highest BCUT2D eigenvalue weighted by Gasteiger charge is 2.02. The van der Waals surface area contributed by atoms with Crippen LogP contribution in [-0.2, 0) is 17.6 Å². The molecular weight excluding hydrogens is 250 g/mol. The normalized spacial score (nSPS) is 10.2. The van der Waals surface area contributed by atoms with E-state index < -0.39 is 0 Å². The van der Waals surface area contributed by atoms with E-state index in [0.717, 1.165) is 18.4 Å². The van der Waals surface area contributed by atoms with Gasteiger partial charge < -0.3 is 10.4 Å². The van der Waals surface area contributed by atoms with Gasteiger partial charge in [-0.15, -0.1) is 0 Å². The molecule has 3 heteroatoms. The molecule has 0 aliphatic rings. The van der Waals surface area contributed by atoms with Crippen LogP contribution in [0.5, 0.6) is 5.75 Å². The van der Waals surface area contributed by atoms with Crippen LogP contribution in [0.4, 0.5) is 0 Å². The van der Waals surface area contributed by atoms with Crippen LogP contribution >= 0.6 is 0 Å². The second-order valence-corrected chi connectivity index (χ2v) is 4.76. The Hall–Kier alpha value is -2.29. The minimum Gasteiger partial charge on any atom is -0.508 e. The largest absolute Gasteiger partial charge is 0.508 e. The first-order valence-electron chi connectivity index (χ1n) is 6.82. The van der Waals surface area contributed by atoms with E-state index in [4.69, 9.17) is 0 Å². The fraction of sp³-hybridized carbons (Fsp3) is 0.235. The van der Waals surface area contributed by atoms with Crippen molar-refractivity contribution in [2.75, 3.05) is 6.54 Å². The van der Waals surface area contributed by atoms with Gasteiger partial charge in [-0.05, 0) is 36.1 Å². The number of aryl methyl sites for hydroxylation is 1. The molecule has 2 N–H and O–H groups in total. The summed E-state index contributed by atoms with van der Waals surface area (Å²) in [5.41, 5.74) is 2.20. The van der Waals surface area contributed by atoms with Gasteiger partial charge in [-0.25, -0.2) is 0 Å². The lowest BCUT2D eigenvalue weighted by Crippen LogP contribution is -2.25. The molecule has 0 radical (unpaired) electrons. The molecule has 0 unspecified atom stereocenters. The van der Waals surface area contributed by atoms with E-state index in [1.54, 1.807) is 12.1 Å². The number of carbonyl (C=O) groups excluding carboxylic acids is 1. The van der Waals surface area contributed by atoms with Crippen molar-refractivity contribution in [2.45, 2.75) is 19.3 Å². The summed E-state index contributed by atoms with van der Waals surface area (Å²) >= 11 is 0. The van der Waals surface area contributed by atoms with Gasteiger partial charge in [-0.1, -0.05) is 42.5 Å². The second-order valence-electron chi connectivity index (χ2n) is 4.76. The maximum Gasteiger partial charge on any atom is 0.220 e. The Labute approximate surface area is 119 Å². The van der Waals surface area contributed by atoms with E-state index in [1.807, 2.05) is 42.5 Å². The summed E-state index contributed by atoms with van der Waals surface area (Å²) in [6, 6.07) is 17.1. The summed E-state index contributed by atoms with van der Waals surface area (Å²) in [5, 5.41) is 12.2. The number of amides is 1. The van der Waals surface area contributed by atoms with E-state index in [0.29, 0.717) is 13.0 Å². The van der Waals surface area contributed by atoms with Crippen molar-refractivity contribution < 1.29 is 9.90 Å². The van der Waals surface area contributed by atoms with Crippen molar-refractivity contribution in [3.05, 3.63) is 65.7 Å². The fourth-order valence-corrected chi connectivity index (χ4v) is 2.05. The van der Waals surface area contributed by atoms with Crippen LogP contribution in [0.2, 0.25) is 0 Å². The maximum absolute atomic E-state index is 11.7. The molecule has 2 aromatic carbocycles. The number of hydrogen-bond acceptors (Lipinski definition) is 2. The summed E-state index contributed by atoms with van der Waals surface area (Å²) in [6.07, 6.45) is 1.99. The lowest BCUT2D eigenvalue weighted by atomic mass is 10.1. The van der Waals surface area contributed by atoms with Crippen LogP contribution in [0, 0.1) is 0 Å². The molecule has 2 rings (SSSR count). The SMILES string of the molecule is O=C(CCc1ccccc1)NCCc1cccc(O)c1. The van der Waals surface area contributed by atoms with Crippen LogP contribution in [0.3, 0.4) is 0 Å². The molecule has 0 spiro atoms. The Morgan fingerprint density at radius 1 is 0.950 bits per heavy atom. The molecule has 0 heterocycles. The van der Waals surface area contributed by atoms with E-state index in [1.165, 1.54) is 5.56 Å². The summed E-state index contributed by atoms with van der Waals surface area (Å²) in [6.45, 7) is 0.594. The van der Waals surface area contributed by atoms with Crippen molar-refractivity contribution in [2.24, 2.45) is 0 Å². The Bertz CT molecular complexity index is 552. The Morgan fingerprint density at radius 3 is 2.45 bits per heavy atom. The average molecular weight is 269 g/mol. The van der Waals surface area contributed by atoms with Crippen LogP contribution in [0.25, 0.3) is 0 Å². The predicted molar refractivity (Wildman–Crippen MR) is 79.6 cm³/mol. The molecule has 20 heavy (non-hydrogen) atoms. The first-order valence-corrected chi connectivity index (χ1v) is 6.82. The van der Waals surface area contributed by atoms with E-state index in [2.05, 4.69) is 5.32 Å². The van der Waals surface area contributed by atoms with Gasteiger partial charge in [0.05, 0.1) is 0 Å². The molecular formula is C17H19NO2. The predicted octanol–water partition coefficient (Wildman–Crippen LogP) is 2.68. The summed E-state index contributed by atoms with van der Waals surface area (Å²) in [4.78, 5) is 11.7. The molecule has 104 valence electrons. The highest BCUT2D eigenvalue weighted by atomic mass is 16.3. The van der Waals surface area contributed by atoms with Crippen molar-refractivity contribution in [3.8, 4) is 5.75 Å². The molecule has 0 aliphatic carbocycles. The minimum atomic E-state index is 0.0639. The molecule has 0 saturated heterocycles. The van der Waals surface area contributed by atoms with Crippen molar-refractivity contribution in [3.63, 3.8) is 0 Å². The molecule has 0 saturated carbocycles. The number of rotatable bonds is 6. The average Bonchev–Trinajstić information content (AvgIpc) is 2.46. The third kappa shape index (κ3) is 4.76. The third-order valence-electron chi connectivity index (χ3n) is 3.13. The summed E-state index contributed by atoms with van der Waals surface area (Å²) in [5.74, 6) is 0.326. The van der Waals surface area contributed by atoms with Gasteiger partial charge in [0.2, 0.25) is 5.91 Å². The lowest BCUT2D eigenvalue weighted by molar-refractivity contribution is -0.121. The molecule has 3 nitrogen and oxygen atoms in total. The number of hydrogen-bond donors (Lipinski definition) is 2. The van der Waals surface area contributed by atoms with E-state index in [9.17, 15) is 9.90 Å². The number of carbonyl (C=O) groups is 1. The van der Waals surface area contributed by atoms with Gasteiger partial charge >= 0.3 is 0 Å². The Kier molecular flexibility index (Phi) is 5.18. The van der Waals surface area contributed by atoms with Gasteiger partial charge in [0, 0.05) is 13.0 Å². The topological polar surface area (TPSA) is 49.3 Å². The molecule has 0 aromatic heterocycles. The molecule has 1 amide bonds. The monoisotopic (exact) mass is 269 g/mol. The quantitative estimate of drug-likeness (QED) is 0.847. The number of phenolic OH excluding ortho intramolecular Hbond substituents is 1. The zero-order valence-corrected chi connectivity index (χ0v) is 11.4.